The number of fused-ring (bicyclic) bond motifs is 8. The summed E-state index contributed by atoms with van der Waals surface area (Å²) < 4.78 is 37.4. The number of carbonyl (C=O) groups excluding carboxylic acids is 3. The van der Waals surface area contributed by atoms with Crippen LogP contribution in [0.2, 0.25) is 0 Å². The van der Waals surface area contributed by atoms with Gasteiger partial charge in [-0.2, -0.15) is 0 Å². The van der Waals surface area contributed by atoms with Crippen molar-refractivity contribution in [2.24, 2.45) is 28.6 Å². The zero-order valence-corrected chi connectivity index (χ0v) is 25.2. The van der Waals surface area contributed by atoms with Crippen molar-refractivity contribution in [1.29, 1.82) is 0 Å². The van der Waals surface area contributed by atoms with E-state index in [1.807, 2.05) is 0 Å². The van der Waals surface area contributed by atoms with Gasteiger partial charge in [-0.1, -0.05) is 18.6 Å². The van der Waals surface area contributed by atoms with Crippen molar-refractivity contribution in [3.05, 3.63) is 23.3 Å². The topological polar surface area (TPSA) is 158 Å². The van der Waals surface area contributed by atoms with Crippen LogP contribution in [0.1, 0.15) is 65.2 Å². The molecule has 8 aliphatic rings. The Labute approximate surface area is 252 Å². The van der Waals surface area contributed by atoms with Gasteiger partial charge in [-0.25, -0.2) is 4.79 Å². The van der Waals surface area contributed by atoms with E-state index in [1.165, 1.54) is 0 Å². The highest BCUT2D eigenvalue weighted by Gasteiger charge is 2.73. The molecule has 0 bridgehead atoms. The van der Waals surface area contributed by atoms with Gasteiger partial charge in [0, 0.05) is 17.9 Å². The first-order valence-electron chi connectivity index (χ1n) is 15.6. The van der Waals surface area contributed by atoms with Crippen molar-refractivity contribution < 1.29 is 47.8 Å². The molecule has 1 spiro atoms. The number of nitrogens with one attached hydrogen (secondary N) is 1. The SMILES string of the molecule is C[C@@H]1C[C@]2(NC(=O)C[S@@]2=O)[C@]2(O)O[C@@H]3C[C@@]4(C=O)C(=CC[C@@H]5[C@@H]4CC[C@]4(C)[C@@H](C6=CC(=O)OC6)CC[C@]54O)C[C@H]3O[C@@H]2O1. The van der Waals surface area contributed by atoms with Crippen molar-refractivity contribution >= 4 is 29.0 Å². The maximum absolute atomic E-state index is 13.3. The molecule has 4 heterocycles. The molecule has 0 radical (unpaired) electrons. The minimum absolute atomic E-state index is 0.0341. The first-order chi connectivity index (χ1) is 20.4. The Morgan fingerprint density at radius 1 is 1.09 bits per heavy atom. The van der Waals surface area contributed by atoms with Gasteiger partial charge >= 0.3 is 5.97 Å². The summed E-state index contributed by atoms with van der Waals surface area (Å²) in [4.78, 5) is 36.0. The molecule has 234 valence electrons. The van der Waals surface area contributed by atoms with Crippen LogP contribution >= 0.6 is 0 Å². The number of allylic oxidation sites excluding steroid dienone is 1. The van der Waals surface area contributed by atoms with Gasteiger partial charge in [0.25, 0.3) is 5.79 Å². The van der Waals surface area contributed by atoms with E-state index in [4.69, 9.17) is 18.9 Å². The van der Waals surface area contributed by atoms with Crippen LogP contribution < -0.4 is 5.32 Å². The molecule has 0 unspecified atom stereocenters. The van der Waals surface area contributed by atoms with Gasteiger partial charge in [0.05, 0.1) is 40.1 Å². The third kappa shape index (κ3) is 3.48. The van der Waals surface area contributed by atoms with E-state index in [1.54, 1.807) is 13.0 Å². The summed E-state index contributed by atoms with van der Waals surface area (Å²) in [6.45, 7) is 4.18. The fraction of sp³-hybridized carbons (Fsp3) is 0.774. The molecule has 0 aromatic carbocycles. The fourth-order valence-corrected chi connectivity index (χ4v) is 12.3. The van der Waals surface area contributed by atoms with Crippen LogP contribution in [-0.2, 0) is 44.1 Å². The van der Waals surface area contributed by atoms with Gasteiger partial charge in [-0.15, -0.1) is 0 Å². The number of hydrogen-bond donors (Lipinski definition) is 3. The van der Waals surface area contributed by atoms with Crippen LogP contribution in [0.5, 0.6) is 0 Å². The predicted octanol–water partition coefficient (Wildman–Crippen LogP) is 1.13. The third-order valence-corrected chi connectivity index (χ3v) is 14.6. The van der Waals surface area contributed by atoms with Gasteiger partial charge in [-0.05, 0) is 75.2 Å². The lowest BCUT2D eigenvalue weighted by atomic mass is 9.45. The Morgan fingerprint density at radius 3 is 2.60 bits per heavy atom. The zero-order valence-electron chi connectivity index (χ0n) is 24.4. The Balaban J connectivity index is 1.13. The molecule has 3 saturated carbocycles. The van der Waals surface area contributed by atoms with E-state index in [0.29, 0.717) is 32.1 Å². The Morgan fingerprint density at radius 2 is 1.91 bits per heavy atom. The second-order valence-corrected chi connectivity index (χ2v) is 16.1. The van der Waals surface area contributed by atoms with Crippen LogP contribution in [0, 0.1) is 28.6 Å². The summed E-state index contributed by atoms with van der Waals surface area (Å²) in [6.07, 6.45) is 5.88. The van der Waals surface area contributed by atoms with E-state index >= 15 is 0 Å². The van der Waals surface area contributed by atoms with E-state index in [9.17, 15) is 28.8 Å². The standard InChI is InChI=1S/C31H39NO10S/c1-16-11-30(32-24(34)14-43(30)38)31(37)26(40-16)41-22-10-18-3-4-21-20(28(18,15-33)12-23(22)42-31)5-7-27(2)19(6-8-29(21,27)36)17-9-25(35)39-13-17/h3,9,15-16,19-23,26,36-37H,4-8,10-14H2,1-2H3,(H,32,34)/t16-,19-,20+,21-,22-,23-,26+,27-,28-,29+,30-,31-,43+/m1/s1. The van der Waals surface area contributed by atoms with Gasteiger partial charge in [0.15, 0.2) is 4.87 Å². The molecule has 1 amide bonds. The summed E-state index contributed by atoms with van der Waals surface area (Å²) in [5, 5.41) is 27.3. The highest BCUT2D eigenvalue weighted by Crippen LogP contribution is 2.69. The summed E-state index contributed by atoms with van der Waals surface area (Å²) in [7, 11) is -1.78. The fourth-order valence-electron chi connectivity index (χ4n) is 10.7. The molecule has 0 aromatic rings. The summed E-state index contributed by atoms with van der Waals surface area (Å²) >= 11 is 0. The van der Waals surface area contributed by atoms with Crippen LogP contribution in [0.4, 0.5) is 0 Å². The van der Waals surface area contributed by atoms with Crippen LogP contribution in [0.3, 0.4) is 0 Å². The molecule has 12 heteroatoms. The Kier molecular flexibility index (Phi) is 6.01. The molecule has 0 aromatic heterocycles. The van der Waals surface area contributed by atoms with E-state index < -0.39 is 68.4 Å². The van der Waals surface area contributed by atoms with Crippen LogP contribution in [-0.4, -0.2) is 85.8 Å². The maximum Gasteiger partial charge on any atom is 0.331 e. The van der Waals surface area contributed by atoms with Gasteiger partial charge in [-0.3, -0.25) is 9.00 Å². The highest BCUT2D eigenvalue weighted by atomic mass is 32.2. The number of aldehydes is 1. The molecule has 3 N–H and O–H groups in total. The number of rotatable bonds is 2. The number of carbonyl (C=O) groups is 3. The van der Waals surface area contributed by atoms with Gasteiger partial charge < -0.3 is 39.3 Å². The predicted molar refractivity (Wildman–Crippen MR) is 149 cm³/mol. The van der Waals surface area contributed by atoms with E-state index in [2.05, 4.69) is 18.3 Å². The number of ether oxygens (including phenoxy) is 4. The monoisotopic (exact) mass is 617 g/mol. The Bertz CT molecular complexity index is 1400. The quantitative estimate of drug-likeness (QED) is 0.233. The second-order valence-electron chi connectivity index (χ2n) is 14.4. The van der Waals surface area contributed by atoms with Gasteiger partial charge in [0.2, 0.25) is 12.2 Å². The second kappa shape index (κ2) is 9.07. The van der Waals surface area contributed by atoms with E-state index in [0.717, 1.165) is 23.9 Å². The largest absolute Gasteiger partial charge is 0.458 e. The van der Waals surface area contributed by atoms with Crippen molar-refractivity contribution in [3.8, 4) is 0 Å². The minimum Gasteiger partial charge on any atom is -0.458 e. The smallest absolute Gasteiger partial charge is 0.331 e. The minimum atomic E-state index is -2.20. The maximum atomic E-state index is 13.3. The molecule has 6 fully saturated rings. The van der Waals surface area contributed by atoms with Crippen molar-refractivity contribution in [1.82, 2.24) is 5.32 Å². The van der Waals surface area contributed by atoms with Crippen molar-refractivity contribution in [2.75, 3.05) is 12.4 Å². The lowest BCUT2D eigenvalue weighted by molar-refractivity contribution is -0.443. The summed E-state index contributed by atoms with van der Waals surface area (Å²) in [6, 6.07) is 0. The molecule has 4 aliphatic carbocycles. The van der Waals surface area contributed by atoms with Crippen LogP contribution in [0.25, 0.3) is 0 Å². The molecule has 4 aliphatic heterocycles. The molecule has 13 atom stereocenters. The first kappa shape index (κ1) is 28.5. The average Bonchev–Trinajstić information content (AvgIpc) is 3.59. The van der Waals surface area contributed by atoms with E-state index in [-0.39, 0.29) is 48.9 Å². The number of cyclic esters (lactones) is 1. The molecule has 43 heavy (non-hydrogen) atoms. The third-order valence-electron chi connectivity index (χ3n) is 12.7. The molecular formula is C31H39NO10S. The lowest BCUT2D eigenvalue weighted by Crippen LogP contribution is -2.78. The zero-order chi connectivity index (χ0) is 30.2. The molecule has 3 saturated heterocycles. The van der Waals surface area contributed by atoms with Crippen molar-refractivity contribution in [3.63, 3.8) is 0 Å². The number of hydrogen-bond acceptors (Lipinski definition) is 10. The molecule has 11 nitrogen and oxygen atoms in total. The highest BCUT2D eigenvalue weighted by molar-refractivity contribution is 7.87. The summed E-state index contributed by atoms with van der Waals surface area (Å²) in [5.74, 6) is -3.50. The number of esters is 1. The molecular weight excluding hydrogens is 578 g/mol. The Hall–Kier alpha value is -1.96. The lowest BCUT2D eigenvalue weighted by Gasteiger charge is -2.63. The van der Waals surface area contributed by atoms with Gasteiger partial charge in [0.1, 0.15) is 18.6 Å². The number of aliphatic hydroxyl groups is 2. The normalized spacial score (nSPS) is 55.2. The number of amides is 1. The first-order valence-corrected chi connectivity index (χ1v) is 16.9. The average molecular weight is 618 g/mol. The summed E-state index contributed by atoms with van der Waals surface area (Å²) in [5.41, 5.74) is -0.497. The van der Waals surface area contributed by atoms with Crippen LogP contribution in [0.15, 0.2) is 23.3 Å². The molecule has 8 rings (SSSR count). The van der Waals surface area contributed by atoms with Crippen molar-refractivity contribution in [2.45, 2.75) is 106 Å².